The summed E-state index contributed by atoms with van der Waals surface area (Å²) in [4.78, 5) is 40.4. The summed E-state index contributed by atoms with van der Waals surface area (Å²) < 4.78 is 57.6. The first-order valence-corrected chi connectivity index (χ1v) is 22.4. The Balaban J connectivity index is 0.000000321. The molecular weight excluding hydrogens is 967 g/mol. The maximum absolute atomic E-state index is 12.3. The van der Waals surface area contributed by atoms with Crippen LogP contribution in [0.25, 0.3) is 22.3 Å². The van der Waals surface area contributed by atoms with Gasteiger partial charge in [0.15, 0.2) is 0 Å². The van der Waals surface area contributed by atoms with Crippen LogP contribution >= 0.6 is 0 Å². The summed E-state index contributed by atoms with van der Waals surface area (Å²) >= 11 is 0. The number of nitrogens with two attached hydrogens (primary N) is 1. The Kier molecular flexibility index (Phi) is 26.3. The largest absolute Gasteiger partial charge is 0.481 e. The number of anilines is 4. The molecule has 2 heterocycles. The first-order chi connectivity index (χ1) is 35.5. The van der Waals surface area contributed by atoms with Crippen LogP contribution in [0.4, 0.5) is 40.8 Å². The van der Waals surface area contributed by atoms with Gasteiger partial charge in [-0.15, -0.1) is 6.42 Å². The molecule has 0 radical (unpaired) electrons. The number of benzene rings is 4. The maximum atomic E-state index is 12.3. The van der Waals surface area contributed by atoms with Crippen molar-refractivity contribution in [2.45, 2.75) is 70.9 Å². The van der Waals surface area contributed by atoms with Crippen molar-refractivity contribution < 1.29 is 62.2 Å². The number of hydrogen-bond acceptors (Lipinski definition) is 15. The normalized spacial score (nSPS) is 11.7. The number of aliphatic carboxylic acids is 1. The van der Waals surface area contributed by atoms with Gasteiger partial charge in [0.1, 0.15) is 23.2 Å². The zero-order chi connectivity index (χ0) is 54.4. The maximum Gasteiger partial charge on any atom is 0.387 e. The molecule has 4 atom stereocenters. The van der Waals surface area contributed by atoms with E-state index in [-0.39, 0.29) is 36.4 Å². The number of rotatable bonds is 20. The van der Waals surface area contributed by atoms with Gasteiger partial charge < -0.3 is 51.4 Å². The fourth-order valence-corrected chi connectivity index (χ4v) is 5.97. The third kappa shape index (κ3) is 21.9. The highest BCUT2D eigenvalue weighted by Gasteiger charge is 2.21. The molecule has 0 saturated heterocycles. The van der Waals surface area contributed by atoms with Crippen LogP contribution in [0.2, 0.25) is 0 Å². The number of alkyl halides is 4. The standard InChI is InChI=1S/C24H25F2N3O4.C20H17F2N3O4.C7H4.C3H9NO/c1-15(31)2-11-22(32)21(14-30)17-3-7-19(8-4-17)29-24-27-12-18(13-28-24)16-5-9-20(10-6-16)33-23(25)26;21-19(22)29-16-7-3-12(4-8-16)14-9-23-20(24-10-14)25-15-5-1-13(2-6-15)17(11-26)18(27)28;1-3-5-7-6-4-2;1-3(5)2-4/h3-10,12-13,15,21,23,30-31H,2,11,14H2,1H3,(H,27,28,29);1-10,17,19,26H,11H2,(H,27,28)(H,23,24,25);1H,2H3;3,5H,2,4H2,1H3/t15-,21-;17-;;3-/m00.0/s1. The Bertz CT molecular complexity index is 2780. The van der Waals surface area contributed by atoms with Crippen molar-refractivity contribution >= 4 is 35.0 Å². The van der Waals surface area contributed by atoms with E-state index in [4.69, 9.17) is 22.4 Å². The summed E-state index contributed by atoms with van der Waals surface area (Å²) in [6.07, 6.45) is 10.8. The van der Waals surface area contributed by atoms with Gasteiger partial charge in [-0.1, -0.05) is 54.5 Å². The number of halogens is 4. The molecule has 6 aromatic rings. The van der Waals surface area contributed by atoms with Crippen LogP contribution in [0.5, 0.6) is 11.5 Å². The van der Waals surface area contributed by atoms with E-state index in [2.05, 4.69) is 69.6 Å². The number of carbonyl (C=O) groups is 2. The molecular formula is C54H55F4N7O9. The quantitative estimate of drug-likeness (QED) is 0.0267. The average molecular weight is 1020 g/mol. The van der Waals surface area contributed by atoms with E-state index in [1.165, 1.54) is 24.3 Å². The summed E-state index contributed by atoms with van der Waals surface area (Å²) in [6.45, 7) is -1.18. The van der Waals surface area contributed by atoms with Crippen LogP contribution in [-0.4, -0.2) is 102 Å². The minimum Gasteiger partial charge on any atom is -0.481 e. The molecule has 74 heavy (non-hydrogen) atoms. The molecule has 4 aromatic carbocycles. The van der Waals surface area contributed by atoms with Crippen LogP contribution in [0.1, 0.15) is 56.6 Å². The number of hydrogen-bond donors (Lipinski definition) is 8. The lowest BCUT2D eigenvalue weighted by atomic mass is 9.92. The van der Waals surface area contributed by atoms with E-state index in [0.29, 0.717) is 58.5 Å². The number of Topliss-reactive ketones (excluding diaryl/α,β-unsaturated/α-hetero) is 1. The molecule has 16 nitrogen and oxygen atoms in total. The van der Waals surface area contributed by atoms with Gasteiger partial charge in [-0.2, -0.15) is 17.6 Å². The lowest BCUT2D eigenvalue weighted by Crippen LogP contribution is -2.18. The first-order valence-electron chi connectivity index (χ1n) is 22.4. The van der Waals surface area contributed by atoms with Gasteiger partial charge in [0.25, 0.3) is 0 Å². The Labute approximate surface area is 425 Å². The average Bonchev–Trinajstić information content (AvgIpc) is 3.38. The first kappa shape index (κ1) is 59.9. The molecule has 6 rings (SSSR count). The molecule has 0 unspecified atom stereocenters. The van der Waals surface area contributed by atoms with E-state index in [1.807, 2.05) is 0 Å². The number of terminal acetylenes is 1. The van der Waals surface area contributed by atoms with E-state index < -0.39 is 43.7 Å². The van der Waals surface area contributed by atoms with Crippen LogP contribution in [-0.2, 0) is 9.59 Å². The van der Waals surface area contributed by atoms with E-state index in [0.717, 1.165) is 11.1 Å². The minimum atomic E-state index is -2.87. The Hall–Kier alpha value is -8.42. The van der Waals surface area contributed by atoms with Crippen molar-refractivity contribution in [2.24, 2.45) is 5.73 Å². The van der Waals surface area contributed by atoms with Gasteiger partial charge >= 0.3 is 19.2 Å². The molecule has 0 fully saturated rings. The van der Waals surface area contributed by atoms with Crippen LogP contribution in [0, 0.1) is 36.0 Å². The van der Waals surface area contributed by atoms with Crippen molar-refractivity contribution in [3.05, 3.63) is 133 Å². The van der Waals surface area contributed by atoms with E-state index in [1.54, 1.807) is 118 Å². The highest BCUT2D eigenvalue weighted by atomic mass is 19.3. The van der Waals surface area contributed by atoms with Gasteiger partial charge in [0, 0.05) is 60.3 Å². The number of aliphatic hydroxyl groups is 4. The predicted octanol–water partition coefficient (Wildman–Crippen LogP) is 7.92. The van der Waals surface area contributed by atoms with E-state index >= 15 is 0 Å². The molecule has 20 heteroatoms. The Morgan fingerprint density at radius 1 is 0.622 bits per heavy atom. The van der Waals surface area contributed by atoms with Crippen LogP contribution in [0.15, 0.2) is 122 Å². The van der Waals surface area contributed by atoms with Gasteiger partial charge in [0.05, 0.1) is 31.3 Å². The topological polar surface area (TPSA) is 255 Å². The highest BCUT2D eigenvalue weighted by Crippen LogP contribution is 2.27. The molecule has 0 spiro atoms. The third-order valence-corrected chi connectivity index (χ3v) is 9.79. The van der Waals surface area contributed by atoms with Crippen molar-refractivity contribution in [3.8, 4) is 69.8 Å². The SMILES string of the molecule is C#CC#CC#CC.C[C@H](O)CCC(=O)[C@@H](CO)c1ccc(Nc2ncc(-c3ccc(OC(F)F)cc3)cn2)cc1.C[C@H](O)CN.O=C(O)[C@@H](CO)c1ccc(Nc2ncc(-c3ccc(OC(F)F)cc3)cn2)cc1. The predicted molar refractivity (Wildman–Crippen MR) is 272 cm³/mol. The number of aromatic nitrogens is 4. The fraction of sp³-hybridized carbons (Fsp3) is 0.259. The number of carboxylic acid groups (broad SMARTS) is 1. The molecule has 0 bridgehead atoms. The molecule has 0 saturated carbocycles. The number of ketones is 1. The number of nitrogens with one attached hydrogen (secondary N) is 2. The molecule has 0 aliphatic heterocycles. The molecule has 0 aliphatic carbocycles. The van der Waals surface area contributed by atoms with Gasteiger partial charge in [0.2, 0.25) is 11.9 Å². The molecule has 9 N–H and O–H groups in total. The number of nitrogens with zero attached hydrogens (tertiary/aromatic N) is 4. The monoisotopic (exact) mass is 1020 g/mol. The number of carbonyl (C=O) groups excluding carboxylic acids is 1. The minimum absolute atomic E-state index is 0.0673. The molecule has 0 amide bonds. The van der Waals surface area contributed by atoms with Gasteiger partial charge in [-0.25, -0.2) is 19.9 Å². The summed E-state index contributed by atoms with van der Waals surface area (Å²) in [7, 11) is 0. The van der Waals surface area contributed by atoms with Crippen molar-refractivity contribution in [1.82, 2.24) is 19.9 Å². The summed E-state index contributed by atoms with van der Waals surface area (Å²) in [5.74, 6) is 10.0. The number of carboxylic acids is 1. The second-order valence-electron chi connectivity index (χ2n) is 15.4. The van der Waals surface area contributed by atoms with Crippen LogP contribution in [0.3, 0.4) is 0 Å². The Morgan fingerprint density at radius 2 is 1.01 bits per heavy atom. The third-order valence-electron chi connectivity index (χ3n) is 9.79. The lowest BCUT2D eigenvalue weighted by Gasteiger charge is -2.15. The number of ether oxygens (including phenoxy) is 2. The highest BCUT2D eigenvalue weighted by molar-refractivity contribution is 5.86. The fourth-order valence-electron chi connectivity index (χ4n) is 5.97. The molecule has 0 aliphatic rings. The lowest BCUT2D eigenvalue weighted by molar-refractivity contribution is -0.139. The van der Waals surface area contributed by atoms with Gasteiger partial charge in [-0.3, -0.25) is 9.59 Å². The Morgan fingerprint density at radius 3 is 1.32 bits per heavy atom. The molecule has 388 valence electrons. The van der Waals surface area contributed by atoms with E-state index in [9.17, 15) is 42.5 Å². The summed E-state index contributed by atoms with van der Waals surface area (Å²) in [5, 5.41) is 51.5. The molecule has 2 aromatic heterocycles. The van der Waals surface area contributed by atoms with Crippen LogP contribution < -0.4 is 25.8 Å². The second kappa shape index (κ2) is 32.5. The van der Waals surface area contributed by atoms with Gasteiger partial charge in [-0.05, 0) is 122 Å². The zero-order valence-corrected chi connectivity index (χ0v) is 40.4. The van der Waals surface area contributed by atoms with Crippen molar-refractivity contribution in [1.29, 1.82) is 0 Å². The number of aliphatic hydroxyl groups excluding tert-OH is 4. The zero-order valence-electron chi connectivity index (χ0n) is 40.4. The summed E-state index contributed by atoms with van der Waals surface area (Å²) in [5.41, 5.74) is 10.3. The summed E-state index contributed by atoms with van der Waals surface area (Å²) in [6, 6.07) is 25.9. The smallest absolute Gasteiger partial charge is 0.387 e. The van der Waals surface area contributed by atoms with Crippen molar-refractivity contribution in [2.75, 3.05) is 30.4 Å². The second-order valence-corrected chi connectivity index (χ2v) is 15.4. The van der Waals surface area contributed by atoms with Crippen molar-refractivity contribution in [3.63, 3.8) is 0 Å².